The first-order chi connectivity index (χ1) is 8.79. The smallest absolute Gasteiger partial charge is 0.0387 e. The molecule has 0 amide bonds. The summed E-state index contributed by atoms with van der Waals surface area (Å²) >= 11 is 3.66. The molecule has 96 valence electrons. The van der Waals surface area contributed by atoms with Gasteiger partial charge in [-0.2, -0.15) is 0 Å². The number of anilines is 1. The summed E-state index contributed by atoms with van der Waals surface area (Å²) in [6.07, 6.45) is 9.93. The maximum atomic E-state index is 3.86. The first-order valence-electron chi connectivity index (χ1n) is 7.36. The molecule has 18 heavy (non-hydrogen) atoms. The summed E-state index contributed by atoms with van der Waals surface area (Å²) in [5, 5.41) is 3.86. The third-order valence-corrected chi connectivity index (χ3v) is 5.76. The van der Waals surface area contributed by atoms with Crippen LogP contribution in [-0.4, -0.2) is 6.04 Å². The second-order valence-electron chi connectivity index (χ2n) is 6.37. The highest BCUT2D eigenvalue weighted by molar-refractivity contribution is 9.10. The highest BCUT2D eigenvalue weighted by Gasteiger charge is 2.52. The molecule has 0 aromatic heterocycles. The van der Waals surface area contributed by atoms with Crippen LogP contribution in [0.4, 0.5) is 5.69 Å². The highest BCUT2D eigenvalue weighted by atomic mass is 79.9. The van der Waals surface area contributed by atoms with Crippen LogP contribution in [0.3, 0.4) is 0 Å². The van der Waals surface area contributed by atoms with Crippen LogP contribution in [0.2, 0.25) is 0 Å². The van der Waals surface area contributed by atoms with Crippen LogP contribution in [0.1, 0.15) is 50.5 Å². The van der Waals surface area contributed by atoms with Crippen molar-refractivity contribution in [3.63, 3.8) is 0 Å². The lowest BCUT2D eigenvalue weighted by Crippen LogP contribution is -2.42. The molecule has 0 saturated heterocycles. The van der Waals surface area contributed by atoms with Crippen LogP contribution >= 0.6 is 15.9 Å². The molecule has 1 nitrogen and oxygen atoms in total. The zero-order valence-electron chi connectivity index (χ0n) is 10.7. The number of nitrogens with one attached hydrogen (secondary N) is 1. The zero-order valence-corrected chi connectivity index (χ0v) is 12.3. The number of hydrogen-bond acceptors (Lipinski definition) is 1. The van der Waals surface area contributed by atoms with Crippen LogP contribution in [-0.2, 0) is 5.41 Å². The van der Waals surface area contributed by atoms with Gasteiger partial charge in [0.1, 0.15) is 0 Å². The maximum Gasteiger partial charge on any atom is 0.0387 e. The van der Waals surface area contributed by atoms with Crippen LogP contribution in [0.15, 0.2) is 22.7 Å². The minimum atomic E-state index is 0.457. The minimum absolute atomic E-state index is 0.457. The Kier molecular flexibility index (Phi) is 2.52. The molecular weight excluding hydrogens is 286 g/mol. The largest absolute Gasteiger partial charge is 0.381 e. The van der Waals surface area contributed by atoms with Gasteiger partial charge in [0, 0.05) is 21.6 Å². The molecule has 0 unspecified atom stereocenters. The van der Waals surface area contributed by atoms with E-state index in [1.807, 2.05) is 0 Å². The molecule has 2 heteroatoms. The summed E-state index contributed by atoms with van der Waals surface area (Å²) in [4.78, 5) is 0. The average Bonchev–Trinajstić information content (AvgIpc) is 3.18. The second-order valence-corrected chi connectivity index (χ2v) is 7.28. The molecule has 2 saturated carbocycles. The van der Waals surface area contributed by atoms with Crippen molar-refractivity contribution in [2.24, 2.45) is 5.92 Å². The predicted molar refractivity (Wildman–Crippen MR) is 79.0 cm³/mol. The topological polar surface area (TPSA) is 12.0 Å². The molecule has 1 N–H and O–H groups in total. The van der Waals surface area contributed by atoms with Crippen molar-refractivity contribution < 1.29 is 0 Å². The summed E-state index contributed by atoms with van der Waals surface area (Å²) in [5.41, 5.74) is 3.48. The fourth-order valence-corrected chi connectivity index (χ4v) is 4.65. The third kappa shape index (κ3) is 1.57. The number of fused-ring (bicyclic) bond motifs is 2. The SMILES string of the molecule is Brc1ccc2c(c1)C1(CCCCC1)[C@@H](C1CC1)N2. The highest BCUT2D eigenvalue weighted by Crippen LogP contribution is 2.56. The van der Waals surface area contributed by atoms with Gasteiger partial charge in [0.15, 0.2) is 0 Å². The number of benzene rings is 1. The van der Waals surface area contributed by atoms with Gasteiger partial charge in [0.05, 0.1) is 0 Å². The predicted octanol–water partition coefficient (Wildman–Crippen LogP) is 4.86. The van der Waals surface area contributed by atoms with Gasteiger partial charge in [-0.1, -0.05) is 35.2 Å². The van der Waals surface area contributed by atoms with E-state index in [9.17, 15) is 0 Å². The summed E-state index contributed by atoms with van der Waals surface area (Å²) in [7, 11) is 0. The van der Waals surface area contributed by atoms with Crippen LogP contribution in [0.25, 0.3) is 0 Å². The number of halogens is 1. The van der Waals surface area contributed by atoms with Gasteiger partial charge >= 0.3 is 0 Å². The van der Waals surface area contributed by atoms with Crippen molar-refractivity contribution in [3.05, 3.63) is 28.2 Å². The van der Waals surface area contributed by atoms with Crippen LogP contribution < -0.4 is 5.32 Å². The maximum absolute atomic E-state index is 3.86. The summed E-state index contributed by atoms with van der Waals surface area (Å²) in [5.74, 6) is 0.939. The Morgan fingerprint density at radius 3 is 2.61 bits per heavy atom. The fraction of sp³-hybridized carbons (Fsp3) is 0.625. The van der Waals surface area contributed by atoms with E-state index in [-0.39, 0.29) is 0 Å². The van der Waals surface area contributed by atoms with Gasteiger partial charge < -0.3 is 5.32 Å². The molecule has 1 heterocycles. The van der Waals surface area contributed by atoms with Crippen molar-refractivity contribution in [1.29, 1.82) is 0 Å². The van der Waals surface area contributed by atoms with Gasteiger partial charge in [-0.15, -0.1) is 0 Å². The van der Waals surface area contributed by atoms with Gasteiger partial charge in [-0.25, -0.2) is 0 Å². The van der Waals surface area contributed by atoms with Crippen molar-refractivity contribution in [3.8, 4) is 0 Å². The summed E-state index contributed by atoms with van der Waals surface area (Å²) in [6.45, 7) is 0. The molecule has 1 aromatic rings. The first kappa shape index (κ1) is 11.3. The first-order valence-corrected chi connectivity index (χ1v) is 8.15. The Morgan fingerprint density at radius 2 is 1.89 bits per heavy atom. The molecule has 4 rings (SSSR count). The van der Waals surface area contributed by atoms with E-state index >= 15 is 0 Å². The van der Waals surface area contributed by atoms with Crippen LogP contribution in [0.5, 0.6) is 0 Å². The van der Waals surface area contributed by atoms with Crippen molar-refractivity contribution in [2.45, 2.75) is 56.4 Å². The van der Waals surface area contributed by atoms with Crippen molar-refractivity contribution >= 4 is 21.6 Å². The lowest BCUT2D eigenvalue weighted by atomic mass is 9.65. The lowest BCUT2D eigenvalue weighted by molar-refractivity contribution is 0.253. The van der Waals surface area contributed by atoms with Gasteiger partial charge in [0.25, 0.3) is 0 Å². The average molecular weight is 306 g/mol. The van der Waals surface area contributed by atoms with E-state index < -0.39 is 0 Å². The normalized spacial score (nSPS) is 29.1. The van der Waals surface area contributed by atoms with E-state index in [1.54, 1.807) is 5.56 Å². The molecule has 0 bridgehead atoms. The molecule has 1 spiro atoms. The molecule has 1 aliphatic heterocycles. The van der Waals surface area contributed by atoms with Crippen LogP contribution in [0, 0.1) is 5.92 Å². The summed E-state index contributed by atoms with van der Waals surface area (Å²) < 4.78 is 1.24. The van der Waals surface area contributed by atoms with Gasteiger partial charge in [0.2, 0.25) is 0 Å². The minimum Gasteiger partial charge on any atom is -0.381 e. The Balaban J connectivity index is 1.82. The summed E-state index contributed by atoms with van der Waals surface area (Å²) in [6, 6.07) is 7.56. The second kappa shape index (κ2) is 4.00. The van der Waals surface area contributed by atoms with Crippen molar-refractivity contribution in [1.82, 2.24) is 0 Å². The van der Waals surface area contributed by atoms with E-state index in [2.05, 4.69) is 39.4 Å². The lowest BCUT2D eigenvalue weighted by Gasteiger charge is -2.39. The Hall–Kier alpha value is -0.500. The molecule has 2 fully saturated rings. The molecule has 1 atom stereocenters. The van der Waals surface area contributed by atoms with Crippen molar-refractivity contribution in [2.75, 3.05) is 5.32 Å². The monoisotopic (exact) mass is 305 g/mol. The Labute approximate surface area is 117 Å². The Bertz CT molecular complexity index is 472. The quantitative estimate of drug-likeness (QED) is 0.781. The standard InChI is InChI=1S/C16H20BrN/c17-12-6-7-14-13(10-12)16(8-2-1-3-9-16)15(18-14)11-4-5-11/h6-7,10-11,15,18H,1-5,8-9H2/t15-/m1/s1. The Morgan fingerprint density at radius 1 is 1.11 bits per heavy atom. The number of hydrogen-bond donors (Lipinski definition) is 1. The zero-order chi connectivity index (χ0) is 12.2. The van der Waals surface area contributed by atoms with E-state index in [4.69, 9.17) is 0 Å². The molecule has 0 radical (unpaired) electrons. The van der Waals surface area contributed by atoms with Gasteiger partial charge in [-0.05, 0) is 55.4 Å². The molecule has 3 aliphatic rings. The molecule has 1 aromatic carbocycles. The third-order valence-electron chi connectivity index (χ3n) is 5.26. The molecule has 2 aliphatic carbocycles. The van der Waals surface area contributed by atoms with E-state index in [1.165, 1.54) is 55.1 Å². The van der Waals surface area contributed by atoms with Gasteiger partial charge in [-0.3, -0.25) is 0 Å². The van der Waals surface area contributed by atoms with E-state index in [0.29, 0.717) is 5.41 Å². The molecular formula is C16H20BrN. The number of rotatable bonds is 1. The fourth-order valence-electron chi connectivity index (χ4n) is 4.29. The van der Waals surface area contributed by atoms with E-state index in [0.717, 1.165) is 12.0 Å².